The summed E-state index contributed by atoms with van der Waals surface area (Å²) in [5.74, 6) is 0. The molecule has 1 heterocycles. The van der Waals surface area contributed by atoms with Crippen LogP contribution in [0.3, 0.4) is 0 Å². The lowest BCUT2D eigenvalue weighted by molar-refractivity contribution is 0.669. The summed E-state index contributed by atoms with van der Waals surface area (Å²) in [6.07, 6.45) is 0. The van der Waals surface area contributed by atoms with Gasteiger partial charge >= 0.3 is 0 Å². The van der Waals surface area contributed by atoms with Gasteiger partial charge in [0.2, 0.25) is 0 Å². The highest BCUT2D eigenvalue weighted by Gasteiger charge is 2.19. The van der Waals surface area contributed by atoms with Crippen LogP contribution in [0.1, 0.15) is 0 Å². The molecule has 0 fully saturated rings. The predicted molar refractivity (Wildman–Crippen MR) is 212 cm³/mol. The van der Waals surface area contributed by atoms with E-state index in [1.807, 2.05) is 12.1 Å². The highest BCUT2D eigenvalue weighted by molar-refractivity contribution is 6.20. The Morgan fingerprint density at radius 3 is 1.64 bits per heavy atom. The zero-order chi connectivity index (χ0) is 33.0. The molecular formula is C48H31NO. The molecule has 0 aliphatic rings. The van der Waals surface area contributed by atoms with Gasteiger partial charge in [-0.3, -0.25) is 0 Å². The van der Waals surface area contributed by atoms with Crippen LogP contribution in [-0.4, -0.2) is 0 Å². The fraction of sp³-hybridized carbons (Fsp3) is 0. The quantitative estimate of drug-likeness (QED) is 0.175. The molecule has 0 amide bonds. The van der Waals surface area contributed by atoms with Crippen LogP contribution in [0.2, 0.25) is 0 Å². The molecule has 0 atom stereocenters. The van der Waals surface area contributed by atoms with E-state index >= 15 is 0 Å². The smallest absolute Gasteiger partial charge is 0.159 e. The van der Waals surface area contributed by atoms with Gasteiger partial charge in [0.25, 0.3) is 0 Å². The fourth-order valence-electron chi connectivity index (χ4n) is 7.58. The van der Waals surface area contributed by atoms with Crippen LogP contribution < -0.4 is 4.90 Å². The lowest BCUT2D eigenvalue weighted by Crippen LogP contribution is -2.10. The monoisotopic (exact) mass is 637 g/mol. The SMILES string of the molecule is c1ccc(-c2ccc(N(c3ccc(-c4ccc5ccc6ccc7ccccc7c6c5c4)cc3)c3cccc4c3oc3ccccc34)cc2)cc1. The largest absolute Gasteiger partial charge is 0.454 e. The molecule has 10 rings (SSSR count). The summed E-state index contributed by atoms with van der Waals surface area (Å²) in [7, 11) is 0. The minimum atomic E-state index is 0.874. The molecule has 0 bridgehead atoms. The Bertz CT molecular complexity index is 2840. The molecule has 0 aliphatic carbocycles. The first kappa shape index (κ1) is 28.4. The highest BCUT2D eigenvalue weighted by atomic mass is 16.3. The maximum Gasteiger partial charge on any atom is 0.159 e. The molecule has 0 N–H and O–H groups in total. The van der Waals surface area contributed by atoms with Crippen LogP contribution in [-0.2, 0) is 0 Å². The van der Waals surface area contributed by atoms with Crippen LogP contribution >= 0.6 is 0 Å². The van der Waals surface area contributed by atoms with E-state index in [9.17, 15) is 0 Å². The van der Waals surface area contributed by atoms with E-state index in [0.29, 0.717) is 0 Å². The van der Waals surface area contributed by atoms with Crippen LogP contribution in [0.25, 0.3) is 76.5 Å². The van der Waals surface area contributed by atoms with E-state index in [-0.39, 0.29) is 0 Å². The number of rotatable bonds is 5. The summed E-state index contributed by atoms with van der Waals surface area (Å²) in [5.41, 5.74) is 9.65. The van der Waals surface area contributed by atoms with Crippen LogP contribution in [0, 0.1) is 0 Å². The van der Waals surface area contributed by atoms with Crippen molar-refractivity contribution in [2.45, 2.75) is 0 Å². The number of fused-ring (bicyclic) bond motifs is 8. The summed E-state index contributed by atoms with van der Waals surface area (Å²) < 4.78 is 6.56. The van der Waals surface area contributed by atoms with Crippen LogP contribution in [0.15, 0.2) is 192 Å². The number of hydrogen-bond acceptors (Lipinski definition) is 2. The maximum atomic E-state index is 6.56. The summed E-state index contributed by atoms with van der Waals surface area (Å²) in [4.78, 5) is 2.31. The van der Waals surface area contributed by atoms with Gasteiger partial charge in [0.15, 0.2) is 5.58 Å². The third-order valence-corrected chi connectivity index (χ3v) is 10.0. The van der Waals surface area contributed by atoms with Crippen molar-refractivity contribution in [3.63, 3.8) is 0 Å². The normalized spacial score (nSPS) is 11.6. The average Bonchev–Trinajstić information content (AvgIpc) is 3.58. The first-order chi connectivity index (χ1) is 24.8. The Labute approximate surface area is 290 Å². The second-order valence-electron chi connectivity index (χ2n) is 12.9. The van der Waals surface area contributed by atoms with E-state index in [0.717, 1.165) is 39.0 Å². The van der Waals surface area contributed by atoms with Crippen molar-refractivity contribution in [3.8, 4) is 22.3 Å². The number of nitrogens with zero attached hydrogens (tertiary/aromatic N) is 1. The lowest BCUT2D eigenvalue weighted by atomic mass is 9.94. The number of furan rings is 1. The van der Waals surface area contributed by atoms with Gasteiger partial charge in [0.1, 0.15) is 5.58 Å². The van der Waals surface area contributed by atoms with Gasteiger partial charge < -0.3 is 9.32 Å². The summed E-state index contributed by atoms with van der Waals surface area (Å²) in [6, 6.07) is 67.4. The number of anilines is 3. The van der Waals surface area contributed by atoms with Gasteiger partial charge in [-0.2, -0.15) is 0 Å². The molecule has 9 aromatic carbocycles. The molecule has 0 radical (unpaired) electrons. The summed E-state index contributed by atoms with van der Waals surface area (Å²) in [5, 5.41) is 9.87. The molecule has 0 saturated heterocycles. The standard InChI is InChI=1S/C48H31NO/c1-2-9-32(10-3-1)33-23-27-39(28-24-33)49(45-15-8-14-43-42-13-6-7-16-46(42)50-48(43)45)40-29-25-34(26-30-40)38-22-19-36-18-21-37-20-17-35-11-4-5-12-41(35)47(37)44(36)31-38/h1-31H. The molecule has 1 aromatic heterocycles. The zero-order valence-electron chi connectivity index (χ0n) is 27.3. The summed E-state index contributed by atoms with van der Waals surface area (Å²) in [6.45, 7) is 0. The molecule has 2 nitrogen and oxygen atoms in total. The van der Waals surface area contributed by atoms with Gasteiger partial charge in [-0.25, -0.2) is 0 Å². The van der Waals surface area contributed by atoms with Gasteiger partial charge in [-0.15, -0.1) is 0 Å². The van der Waals surface area contributed by atoms with Gasteiger partial charge in [-0.1, -0.05) is 146 Å². The van der Waals surface area contributed by atoms with E-state index in [1.165, 1.54) is 54.6 Å². The van der Waals surface area contributed by atoms with Crippen molar-refractivity contribution in [3.05, 3.63) is 188 Å². The fourth-order valence-corrected chi connectivity index (χ4v) is 7.58. The molecule has 0 spiro atoms. The van der Waals surface area contributed by atoms with Crippen LogP contribution in [0.4, 0.5) is 17.1 Å². The first-order valence-electron chi connectivity index (χ1n) is 17.1. The van der Waals surface area contributed by atoms with Gasteiger partial charge in [0.05, 0.1) is 5.69 Å². The molecule has 0 unspecified atom stereocenters. The Hall–Kier alpha value is -6.64. The molecule has 2 heteroatoms. The van der Waals surface area contributed by atoms with E-state index < -0.39 is 0 Å². The third kappa shape index (κ3) is 4.65. The first-order valence-corrected chi connectivity index (χ1v) is 17.1. The molecule has 234 valence electrons. The van der Waals surface area contributed by atoms with E-state index in [4.69, 9.17) is 4.42 Å². The minimum Gasteiger partial charge on any atom is -0.454 e. The molecule has 0 aliphatic heterocycles. The van der Waals surface area contributed by atoms with Crippen molar-refractivity contribution < 1.29 is 4.42 Å². The lowest BCUT2D eigenvalue weighted by Gasteiger charge is -2.26. The van der Waals surface area contributed by atoms with E-state index in [2.05, 4.69) is 181 Å². The topological polar surface area (TPSA) is 16.4 Å². The van der Waals surface area contributed by atoms with Crippen molar-refractivity contribution in [2.24, 2.45) is 0 Å². The van der Waals surface area contributed by atoms with E-state index in [1.54, 1.807) is 0 Å². The second kappa shape index (κ2) is 11.5. The minimum absolute atomic E-state index is 0.874. The zero-order valence-corrected chi connectivity index (χ0v) is 27.3. The number of para-hydroxylation sites is 2. The average molecular weight is 638 g/mol. The Kier molecular flexibility index (Phi) is 6.53. The molecule has 50 heavy (non-hydrogen) atoms. The van der Waals surface area contributed by atoms with Crippen molar-refractivity contribution in [1.29, 1.82) is 0 Å². The Balaban J connectivity index is 1.11. The Morgan fingerprint density at radius 2 is 0.880 bits per heavy atom. The van der Waals surface area contributed by atoms with Crippen molar-refractivity contribution in [2.75, 3.05) is 4.90 Å². The highest BCUT2D eigenvalue weighted by Crippen LogP contribution is 2.43. The summed E-state index contributed by atoms with van der Waals surface area (Å²) >= 11 is 0. The van der Waals surface area contributed by atoms with Crippen molar-refractivity contribution in [1.82, 2.24) is 0 Å². The predicted octanol–water partition coefficient (Wildman–Crippen LogP) is 13.8. The number of hydrogen-bond donors (Lipinski definition) is 0. The number of benzene rings is 9. The third-order valence-electron chi connectivity index (χ3n) is 10.0. The Morgan fingerprint density at radius 1 is 0.340 bits per heavy atom. The molecule has 0 saturated carbocycles. The second-order valence-corrected chi connectivity index (χ2v) is 12.9. The van der Waals surface area contributed by atoms with Crippen molar-refractivity contribution >= 4 is 71.3 Å². The molecular weight excluding hydrogens is 607 g/mol. The van der Waals surface area contributed by atoms with Gasteiger partial charge in [0, 0.05) is 22.1 Å². The van der Waals surface area contributed by atoms with Gasteiger partial charge in [-0.05, 0) is 97.0 Å². The maximum absolute atomic E-state index is 6.56. The molecule has 10 aromatic rings. The van der Waals surface area contributed by atoms with Crippen LogP contribution in [0.5, 0.6) is 0 Å².